The second kappa shape index (κ2) is 7.37. The summed E-state index contributed by atoms with van der Waals surface area (Å²) in [5.74, 6) is -0.727. The van der Waals surface area contributed by atoms with Gasteiger partial charge in [0.25, 0.3) is 0 Å². The Morgan fingerprint density at radius 1 is 1.25 bits per heavy atom. The maximum atomic E-state index is 11.3. The minimum absolute atomic E-state index is 0.0580. The molecule has 1 atom stereocenters. The number of carbonyl (C=O) groups excluding carboxylic acids is 1. The highest BCUT2D eigenvalue weighted by atomic mass is 16.5. The average molecular weight is 282 g/mol. The molecule has 1 unspecified atom stereocenters. The number of carboxylic acid groups (broad SMARTS) is 1. The van der Waals surface area contributed by atoms with Crippen LogP contribution in [-0.2, 0) is 9.53 Å². The molecule has 20 heavy (non-hydrogen) atoms. The zero-order valence-electron chi connectivity index (χ0n) is 11.7. The van der Waals surface area contributed by atoms with Gasteiger partial charge in [-0.1, -0.05) is 0 Å². The van der Waals surface area contributed by atoms with E-state index in [1.54, 1.807) is 19.9 Å². The molecule has 6 heteroatoms. The lowest BCUT2D eigenvalue weighted by atomic mass is 10.2. The zero-order valence-corrected chi connectivity index (χ0v) is 11.7. The number of esters is 1. The Bertz CT molecular complexity index is 483. The van der Waals surface area contributed by atoms with E-state index < -0.39 is 12.1 Å². The van der Waals surface area contributed by atoms with Gasteiger partial charge in [-0.3, -0.25) is 4.79 Å². The van der Waals surface area contributed by atoms with Crippen LogP contribution in [-0.4, -0.2) is 36.9 Å². The predicted molar refractivity (Wildman–Crippen MR) is 71.3 cm³/mol. The van der Waals surface area contributed by atoms with Crippen molar-refractivity contribution in [3.63, 3.8) is 0 Å². The van der Waals surface area contributed by atoms with E-state index in [2.05, 4.69) is 0 Å². The summed E-state index contributed by atoms with van der Waals surface area (Å²) in [7, 11) is 1.44. The Morgan fingerprint density at radius 3 is 2.45 bits per heavy atom. The van der Waals surface area contributed by atoms with E-state index in [9.17, 15) is 9.59 Å². The summed E-state index contributed by atoms with van der Waals surface area (Å²) < 4.78 is 15.4. The Kier molecular flexibility index (Phi) is 5.83. The number of carboxylic acids is 1. The van der Waals surface area contributed by atoms with Crippen molar-refractivity contribution in [1.82, 2.24) is 0 Å². The van der Waals surface area contributed by atoms with Gasteiger partial charge in [0.05, 0.1) is 25.7 Å². The SMILES string of the molecule is CCOC(=O)CC(C)Oc1cc(OC)cc(C(=O)O)c1. The highest BCUT2D eigenvalue weighted by Gasteiger charge is 2.14. The standard InChI is InChI=1S/C14H18O6/c1-4-19-13(15)5-9(2)20-12-7-10(14(16)17)6-11(8-12)18-3/h6-9H,4-5H2,1-3H3,(H,16,17). The summed E-state index contributed by atoms with van der Waals surface area (Å²) >= 11 is 0. The first kappa shape index (κ1) is 15.8. The van der Waals surface area contributed by atoms with Gasteiger partial charge >= 0.3 is 11.9 Å². The third-order valence-electron chi connectivity index (χ3n) is 2.46. The van der Waals surface area contributed by atoms with Crippen molar-refractivity contribution < 1.29 is 28.9 Å². The molecule has 0 aromatic heterocycles. The van der Waals surface area contributed by atoms with Crippen molar-refractivity contribution in [2.75, 3.05) is 13.7 Å². The molecule has 1 aromatic carbocycles. The van der Waals surface area contributed by atoms with Crippen molar-refractivity contribution in [1.29, 1.82) is 0 Å². The maximum Gasteiger partial charge on any atom is 0.335 e. The van der Waals surface area contributed by atoms with E-state index >= 15 is 0 Å². The monoisotopic (exact) mass is 282 g/mol. The fraction of sp³-hybridized carbons (Fsp3) is 0.429. The van der Waals surface area contributed by atoms with Gasteiger partial charge in [-0.15, -0.1) is 0 Å². The number of hydrogen-bond donors (Lipinski definition) is 1. The molecular formula is C14H18O6. The minimum atomic E-state index is -1.08. The molecule has 0 spiro atoms. The highest BCUT2D eigenvalue weighted by molar-refractivity contribution is 5.88. The van der Waals surface area contributed by atoms with Crippen LogP contribution in [0.2, 0.25) is 0 Å². The molecule has 1 N–H and O–H groups in total. The summed E-state index contributed by atoms with van der Waals surface area (Å²) in [4.78, 5) is 22.3. The van der Waals surface area contributed by atoms with Crippen LogP contribution in [0.1, 0.15) is 30.6 Å². The number of rotatable bonds is 7. The molecule has 0 bridgehead atoms. The third kappa shape index (κ3) is 4.79. The van der Waals surface area contributed by atoms with Crippen molar-refractivity contribution in [2.45, 2.75) is 26.4 Å². The Hall–Kier alpha value is -2.24. The number of ether oxygens (including phenoxy) is 3. The first-order valence-corrected chi connectivity index (χ1v) is 6.21. The van der Waals surface area contributed by atoms with E-state index in [0.717, 1.165) is 0 Å². The van der Waals surface area contributed by atoms with Gasteiger partial charge in [-0.2, -0.15) is 0 Å². The summed E-state index contributed by atoms with van der Waals surface area (Å²) in [6, 6.07) is 4.34. The topological polar surface area (TPSA) is 82.1 Å². The fourth-order valence-corrected chi connectivity index (χ4v) is 1.61. The molecule has 0 saturated carbocycles. The van der Waals surface area contributed by atoms with E-state index in [4.69, 9.17) is 19.3 Å². The molecule has 6 nitrogen and oxygen atoms in total. The van der Waals surface area contributed by atoms with Crippen LogP contribution in [0.15, 0.2) is 18.2 Å². The molecule has 1 aromatic rings. The smallest absolute Gasteiger partial charge is 0.335 e. The molecule has 0 aliphatic rings. The van der Waals surface area contributed by atoms with Gasteiger partial charge < -0.3 is 19.3 Å². The summed E-state index contributed by atoms with van der Waals surface area (Å²) in [6.07, 6.45) is -0.337. The van der Waals surface area contributed by atoms with Crippen molar-refractivity contribution in [2.24, 2.45) is 0 Å². The first-order valence-electron chi connectivity index (χ1n) is 6.21. The quantitative estimate of drug-likeness (QED) is 0.771. The van der Waals surface area contributed by atoms with Crippen LogP contribution in [0.5, 0.6) is 11.5 Å². The average Bonchev–Trinajstić information content (AvgIpc) is 2.38. The van der Waals surface area contributed by atoms with Gasteiger partial charge in [-0.25, -0.2) is 4.79 Å². The lowest BCUT2D eigenvalue weighted by molar-refractivity contribution is -0.144. The van der Waals surface area contributed by atoms with Gasteiger partial charge in [-0.05, 0) is 26.0 Å². The maximum absolute atomic E-state index is 11.3. The molecule has 0 saturated heterocycles. The predicted octanol–water partition coefficient (Wildman–Crippen LogP) is 2.11. The number of benzene rings is 1. The Balaban J connectivity index is 2.78. The van der Waals surface area contributed by atoms with Crippen molar-refractivity contribution in [3.8, 4) is 11.5 Å². The second-order valence-corrected chi connectivity index (χ2v) is 4.14. The molecule has 110 valence electrons. The number of hydrogen-bond acceptors (Lipinski definition) is 5. The van der Waals surface area contributed by atoms with Crippen molar-refractivity contribution >= 4 is 11.9 Å². The van der Waals surface area contributed by atoms with Gasteiger partial charge in [0.2, 0.25) is 0 Å². The van der Waals surface area contributed by atoms with Crippen LogP contribution < -0.4 is 9.47 Å². The lowest BCUT2D eigenvalue weighted by Gasteiger charge is -2.15. The van der Waals surface area contributed by atoms with Crippen LogP contribution >= 0.6 is 0 Å². The fourth-order valence-electron chi connectivity index (χ4n) is 1.61. The van der Waals surface area contributed by atoms with Crippen molar-refractivity contribution in [3.05, 3.63) is 23.8 Å². The van der Waals surface area contributed by atoms with E-state index in [1.807, 2.05) is 0 Å². The van der Waals surface area contributed by atoms with Gasteiger partial charge in [0.15, 0.2) is 0 Å². The number of aromatic carboxylic acids is 1. The van der Waals surface area contributed by atoms with Crippen LogP contribution in [0.3, 0.4) is 0 Å². The molecule has 0 aliphatic heterocycles. The molecule has 0 fully saturated rings. The summed E-state index contributed by atoms with van der Waals surface area (Å²) in [5, 5.41) is 8.99. The zero-order chi connectivity index (χ0) is 15.1. The van der Waals surface area contributed by atoms with E-state index in [0.29, 0.717) is 18.1 Å². The number of carbonyl (C=O) groups is 2. The molecule has 0 amide bonds. The molecule has 0 radical (unpaired) electrons. The Labute approximate surface area is 117 Å². The van der Waals surface area contributed by atoms with Gasteiger partial charge in [0.1, 0.15) is 17.6 Å². The summed E-state index contributed by atoms with van der Waals surface area (Å²) in [5.41, 5.74) is 0.0580. The largest absolute Gasteiger partial charge is 0.497 e. The van der Waals surface area contributed by atoms with Gasteiger partial charge in [0, 0.05) is 6.07 Å². The first-order chi connectivity index (χ1) is 9.46. The highest BCUT2D eigenvalue weighted by Crippen LogP contribution is 2.24. The second-order valence-electron chi connectivity index (χ2n) is 4.14. The normalized spacial score (nSPS) is 11.6. The third-order valence-corrected chi connectivity index (χ3v) is 2.46. The van der Waals surface area contributed by atoms with E-state index in [-0.39, 0.29) is 18.0 Å². The molecule has 0 aliphatic carbocycles. The van der Waals surface area contributed by atoms with Crippen LogP contribution in [0.4, 0.5) is 0 Å². The number of methoxy groups -OCH3 is 1. The Morgan fingerprint density at radius 2 is 1.90 bits per heavy atom. The minimum Gasteiger partial charge on any atom is -0.497 e. The molecule has 1 rings (SSSR count). The lowest BCUT2D eigenvalue weighted by Crippen LogP contribution is -2.19. The van der Waals surface area contributed by atoms with E-state index in [1.165, 1.54) is 19.2 Å². The molecular weight excluding hydrogens is 264 g/mol. The molecule has 0 heterocycles. The van der Waals surface area contributed by atoms with Crippen LogP contribution in [0, 0.1) is 0 Å². The van der Waals surface area contributed by atoms with Crippen LogP contribution in [0.25, 0.3) is 0 Å². The summed E-state index contributed by atoms with van der Waals surface area (Å²) in [6.45, 7) is 3.75.